The number of hydrogen-bond acceptors (Lipinski definition) is 7. The average molecular weight is 388 g/mol. The van der Waals surface area contributed by atoms with Gasteiger partial charge in [0.1, 0.15) is 29.6 Å². The van der Waals surface area contributed by atoms with E-state index in [1.807, 2.05) is 0 Å². The fourth-order valence-electron chi connectivity index (χ4n) is 3.66. The summed E-state index contributed by atoms with van der Waals surface area (Å²) in [6.45, 7) is 5.16. The molecule has 2 aromatic heterocycles. The van der Waals surface area contributed by atoms with Crippen molar-refractivity contribution in [3.63, 3.8) is 0 Å². The molecule has 1 fully saturated rings. The van der Waals surface area contributed by atoms with Crippen LogP contribution in [0.25, 0.3) is 21.9 Å². The van der Waals surface area contributed by atoms with Crippen LogP contribution in [0.3, 0.4) is 0 Å². The number of benzene rings is 1. The number of aliphatic hydroxyl groups is 2. The summed E-state index contributed by atoms with van der Waals surface area (Å²) in [5.41, 5.74) is -1.68. The Labute approximate surface area is 161 Å². The smallest absolute Gasteiger partial charge is 0.336 e. The van der Waals surface area contributed by atoms with Gasteiger partial charge in [-0.2, -0.15) is 0 Å². The number of ether oxygens (including phenoxy) is 2. The first-order chi connectivity index (χ1) is 13.1. The summed E-state index contributed by atoms with van der Waals surface area (Å²) in [5, 5.41) is 22.4. The van der Waals surface area contributed by atoms with Crippen LogP contribution >= 0.6 is 0 Å². The van der Waals surface area contributed by atoms with Crippen LogP contribution in [-0.2, 0) is 4.74 Å². The van der Waals surface area contributed by atoms with Gasteiger partial charge >= 0.3 is 5.63 Å². The molecule has 150 valence electrons. The Morgan fingerprint density at radius 2 is 2.00 bits per heavy atom. The molecule has 4 rings (SSSR count). The predicted molar refractivity (Wildman–Crippen MR) is 103 cm³/mol. The first-order valence-electron chi connectivity index (χ1n) is 9.32. The molecule has 0 radical (unpaired) electrons. The fourth-order valence-corrected chi connectivity index (χ4v) is 3.66. The molecule has 0 spiro atoms. The van der Waals surface area contributed by atoms with E-state index < -0.39 is 29.0 Å². The first-order valence-corrected chi connectivity index (χ1v) is 9.32. The van der Waals surface area contributed by atoms with Crippen LogP contribution in [0, 0.1) is 0 Å². The van der Waals surface area contributed by atoms with E-state index in [2.05, 4.69) is 0 Å². The molecule has 28 heavy (non-hydrogen) atoms. The van der Waals surface area contributed by atoms with Crippen molar-refractivity contribution in [2.45, 2.75) is 57.0 Å². The van der Waals surface area contributed by atoms with Crippen LogP contribution in [0.4, 0.5) is 0 Å². The molecular weight excluding hydrogens is 364 g/mol. The zero-order chi connectivity index (χ0) is 20.1. The van der Waals surface area contributed by atoms with Crippen LogP contribution in [0.15, 0.2) is 44.2 Å². The van der Waals surface area contributed by atoms with E-state index in [0.717, 1.165) is 5.39 Å². The van der Waals surface area contributed by atoms with Crippen LogP contribution < -0.4 is 10.4 Å². The quantitative estimate of drug-likeness (QED) is 0.663. The van der Waals surface area contributed by atoms with Gasteiger partial charge in [0.25, 0.3) is 0 Å². The molecule has 0 saturated carbocycles. The van der Waals surface area contributed by atoms with Gasteiger partial charge in [-0.05, 0) is 45.7 Å². The maximum absolute atomic E-state index is 11.6. The lowest BCUT2D eigenvalue weighted by molar-refractivity contribution is -0.216. The van der Waals surface area contributed by atoms with Crippen LogP contribution in [0.2, 0.25) is 0 Å². The molecule has 1 aromatic carbocycles. The van der Waals surface area contributed by atoms with Gasteiger partial charge in [-0.3, -0.25) is 0 Å². The van der Waals surface area contributed by atoms with Gasteiger partial charge in [-0.1, -0.05) is 0 Å². The van der Waals surface area contributed by atoms with Gasteiger partial charge in [0.15, 0.2) is 0 Å². The molecule has 2 N–H and O–H groups in total. The van der Waals surface area contributed by atoms with Crippen LogP contribution in [-0.4, -0.2) is 40.2 Å². The monoisotopic (exact) mass is 388 g/mol. The normalized spacial score (nSPS) is 26.0. The highest BCUT2D eigenvalue weighted by atomic mass is 16.6. The minimum Gasteiger partial charge on any atom is -0.489 e. The van der Waals surface area contributed by atoms with Gasteiger partial charge in [0.05, 0.1) is 34.3 Å². The summed E-state index contributed by atoms with van der Waals surface area (Å²) in [4.78, 5) is 11.6. The third kappa shape index (κ3) is 3.41. The molecule has 3 atom stereocenters. The third-order valence-corrected chi connectivity index (χ3v) is 5.41. The van der Waals surface area contributed by atoms with Crippen molar-refractivity contribution < 1.29 is 28.5 Å². The average Bonchev–Trinajstić information content (AvgIpc) is 3.06. The minimum absolute atomic E-state index is 0.0676. The summed E-state index contributed by atoms with van der Waals surface area (Å²) in [5.74, 6) is 0.495. The lowest BCUT2D eigenvalue weighted by Crippen LogP contribution is -2.55. The van der Waals surface area contributed by atoms with Crippen molar-refractivity contribution in [1.82, 2.24) is 0 Å². The molecule has 3 unspecified atom stereocenters. The zero-order valence-corrected chi connectivity index (χ0v) is 16.1. The second-order valence-corrected chi connectivity index (χ2v) is 8.18. The Morgan fingerprint density at radius 3 is 2.75 bits per heavy atom. The topological polar surface area (TPSA) is 102 Å². The highest BCUT2D eigenvalue weighted by Crippen LogP contribution is 2.37. The van der Waals surface area contributed by atoms with Crippen molar-refractivity contribution >= 4 is 21.9 Å². The summed E-state index contributed by atoms with van der Waals surface area (Å²) >= 11 is 0. The van der Waals surface area contributed by atoms with E-state index in [9.17, 15) is 15.0 Å². The Kier molecular flexibility index (Phi) is 4.49. The first kappa shape index (κ1) is 19.0. The molecule has 7 heteroatoms. The van der Waals surface area contributed by atoms with Gasteiger partial charge in [-0.25, -0.2) is 4.79 Å². The van der Waals surface area contributed by atoms with Crippen molar-refractivity contribution in [2.24, 2.45) is 0 Å². The number of fused-ring (bicyclic) bond motifs is 2. The molecule has 1 aliphatic rings. The van der Waals surface area contributed by atoms with Crippen molar-refractivity contribution in [3.8, 4) is 5.75 Å². The van der Waals surface area contributed by atoms with E-state index >= 15 is 0 Å². The lowest BCUT2D eigenvalue weighted by atomic mass is 9.84. The second-order valence-electron chi connectivity index (χ2n) is 8.18. The predicted octanol–water partition coefficient (Wildman–Crippen LogP) is 2.99. The SMILES string of the molecule is CC(C)(O)C1CCC(C)(O)C(COc2c3ccoc3cc3oc(=O)ccc23)O1. The molecule has 0 aliphatic carbocycles. The second kappa shape index (κ2) is 6.62. The number of furan rings is 1. The maximum atomic E-state index is 11.6. The highest BCUT2D eigenvalue weighted by Gasteiger charge is 2.44. The molecular formula is C21H24O7. The molecule has 1 saturated heterocycles. The summed E-state index contributed by atoms with van der Waals surface area (Å²) in [7, 11) is 0. The maximum Gasteiger partial charge on any atom is 0.336 e. The lowest BCUT2D eigenvalue weighted by Gasteiger charge is -2.44. The third-order valence-electron chi connectivity index (χ3n) is 5.41. The van der Waals surface area contributed by atoms with Crippen LogP contribution in [0.5, 0.6) is 5.75 Å². The molecule has 7 nitrogen and oxygen atoms in total. The minimum atomic E-state index is -1.09. The largest absolute Gasteiger partial charge is 0.489 e. The molecule has 3 aromatic rings. The Bertz CT molecular complexity index is 1050. The van der Waals surface area contributed by atoms with Crippen LogP contribution in [0.1, 0.15) is 33.6 Å². The van der Waals surface area contributed by atoms with Crippen molar-refractivity contribution in [3.05, 3.63) is 40.9 Å². The van der Waals surface area contributed by atoms with E-state index in [0.29, 0.717) is 35.1 Å². The Hall–Kier alpha value is -2.35. The van der Waals surface area contributed by atoms with E-state index in [-0.39, 0.29) is 6.61 Å². The summed E-state index contributed by atoms with van der Waals surface area (Å²) in [6, 6.07) is 6.40. The van der Waals surface area contributed by atoms with Gasteiger partial charge in [0, 0.05) is 12.1 Å². The van der Waals surface area contributed by atoms with Gasteiger partial charge < -0.3 is 28.5 Å². The molecule has 0 amide bonds. The molecule has 0 bridgehead atoms. The molecule has 3 heterocycles. The van der Waals surface area contributed by atoms with Gasteiger partial charge in [0.2, 0.25) is 0 Å². The summed E-state index contributed by atoms with van der Waals surface area (Å²) < 4.78 is 22.8. The Balaban J connectivity index is 1.67. The van der Waals surface area contributed by atoms with E-state index in [1.54, 1.807) is 39.0 Å². The molecule has 1 aliphatic heterocycles. The van der Waals surface area contributed by atoms with E-state index in [4.69, 9.17) is 18.3 Å². The van der Waals surface area contributed by atoms with E-state index in [1.165, 1.54) is 12.3 Å². The van der Waals surface area contributed by atoms with Crippen molar-refractivity contribution in [1.29, 1.82) is 0 Å². The fraction of sp³-hybridized carbons (Fsp3) is 0.476. The number of hydrogen-bond donors (Lipinski definition) is 2. The zero-order valence-electron chi connectivity index (χ0n) is 16.1. The summed E-state index contributed by atoms with van der Waals surface area (Å²) in [6.07, 6.45) is 1.54. The van der Waals surface area contributed by atoms with Gasteiger partial charge in [-0.15, -0.1) is 0 Å². The highest BCUT2D eigenvalue weighted by molar-refractivity contribution is 6.01. The number of rotatable bonds is 4. The van der Waals surface area contributed by atoms with Crippen molar-refractivity contribution in [2.75, 3.05) is 6.61 Å². The Morgan fingerprint density at radius 1 is 1.25 bits per heavy atom. The standard InChI is InChI=1S/C21H24O7/c1-20(2,23)16-6-8-21(3,24)17(28-16)11-26-19-12-4-5-18(22)27-15(12)10-14-13(19)7-9-25-14/h4-5,7,9-10,16-17,23-24H,6,8,11H2,1-3H3.